The van der Waals surface area contributed by atoms with Gasteiger partial charge in [-0.2, -0.15) is 0 Å². The number of benzene rings is 1. The second-order valence-electron chi connectivity index (χ2n) is 6.30. The first kappa shape index (κ1) is 19.5. The number of amides is 4. The molecule has 4 amide bonds. The summed E-state index contributed by atoms with van der Waals surface area (Å²) in [6.45, 7) is 3.30. The van der Waals surface area contributed by atoms with Crippen LogP contribution in [-0.4, -0.2) is 34.4 Å². The van der Waals surface area contributed by atoms with Gasteiger partial charge in [0, 0.05) is 17.1 Å². The van der Waals surface area contributed by atoms with Gasteiger partial charge >= 0.3 is 6.03 Å². The van der Waals surface area contributed by atoms with Crippen LogP contribution in [0.15, 0.2) is 29.8 Å². The highest BCUT2D eigenvalue weighted by molar-refractivity contribution is 6.31. The van der Waals surface area contributed by atoms with Crippen LogP contribution in [-0.2, 0) is 9.59 Å². The van der Waals surface area contributed by atoms with Crippen LogP contribution in [0.1, 0.15) is 37.7 Å². The van der Waals surface area contributed by atoms with Crippen molar-refractivity contribution in [2.45, 2.75) is 13.8 Å². The van der Waals surface area contributed by atoms with Crippen molar-refractivity contribution >= 4 is 35.9 Å². The van der Waals surface area contributed by atoms with Crippen molar-refractivity contribution in [1.82, 2.24) is 15.2 Å². The maximum atomic E-state index is 11.9. The third kappa shape index (κ3) is 3.63. The van der Waals surface area contributed by atoms with Gasteiger partial charge in [-0.05, 0) is 60.9 Å². The lowest BCUT2D eigenvalue weighted by atomic mass is 10.1. The zero-order chi connectivity index (χ0) is 21.5. The number of aromatic nitrogens is 1. The predicted molar refractivity (Wildman–Crippen MR) is 93.6 cm³/mol. The molecule has 148 valence electrons. The number of imide groups is 2. The Balaban J connectivity index is 2.14. The molecule has 2 heterocycles. The zero-order valence-electron chi connectivity index (χ0n) is 15.2. The van der Waals surface area contributed by atoms with Crippen LogP contribution in [0, 0.1) is 13.8 Å². The Bertz CT molecular complexity index is 1090. The average Bonchev–Trinajstić information content (AvgIpc) is 2.91. The summed E-state index contributed by atoms with van der Waals surface area (Å²) in [7, 11) is 0. The SMILES string of the molecule is Cc1cc(C=C2C(=O)NC(=O)NC2=O)c(C)n1-c1cc(C(=O)[O-])cc(C(=O)[O-])c1. The largest absolute Gasteiger partial charge is 0.545 e. The number of carbonyl (C=O) groups excluding carboxylic acids is 5. The molecular weight excluding hydrogens is 382 g/mol. The van der Waals surface area contributed by atoms with Gasteiger partial charge in [-0.1, -0.05) is 0 Å². The average molecular weight is 395 g/mol. The molecule has 0 spiro atoms. The van der Waals surface area contributed by atoms with E-state index in [0.29, 0.717) is 17.0 Å². The summed E-state index contributed by atoms with van der Waals surface area (Å²) in [5, 5.41) is 26.4. The molecule has 3 rings (SSSR count). The van der Waals surface area contributed by atoms with E-state index in [0.717, 1.165) is 6.07 Å². The van der Waals surface area contributed by atoms with Crippen LogP contribution in [0.25, 0.3) is 11.8 Å². The highest BCUT2D eigenvalue weighted by atomic mass is 16.4. The number of carbonyl (C=O) groups is 5. The summed E-state index contributed by atoms with van der Waals surface area (Å²) in [5.41, 5.74) is 0.736. The molecule has 1 aliphatic heterocycles. The van der Waals surface area contributed by atoms with Crippen molar-refractivity contribution in [3.63, 3.8) is 0 Å². The third-order valence-electron chi connectivity index (χ3n) is 4.36. The van der Waals surface area contributed by atoms with Gasteiger partial charge in [0.15, 0.2) is 0 Å². The van der Waals surface area contributed by atoms with Crippen molar-refractivity contribution in [3.8, 4) is 5.69 Å². The second kappa shape index (κ2) is 7.08. The fourth-order valence-corrected chi connectivity index (χ4v) is 3.07. The molecule has 29 heavy (non-hydrogen) atoms. The predicted octanol–water partition coefficient (Wildman–Crippen LogP) is -1.43. The zero-order valence-corrected chi connectivity index (χ0v) is 15.2. The maximum Gasteiger partial charge on any atom is 0.328 e. The summed E-state index contributed by atoms with van der Waals surface area (Å²) in [4.78, 5) is 57.5. The molecule has 1 aromatic carbocycles. The summed E-state index contributed by atoms with van der Waals surface area (Å²) in [6, 6.07) is 4.09. The molecule has 1 saturated heterocycles. The van der Waals surface area contributed by atoms with Gasteiger partial charge in [-0.25, -0.2) is 4.79 Å². The molecule has 1 aliphatic rings. The fraction of sp³-hybridized carbons (Fsp3) is 0.105. The molecule has 10 heteroatoms. The van der Waals surface area contributed by atoms with Crippen molar-refractivity contribution in [2.24, 2.45) is 0 Å². The Hall–Kier alpha value is -4.21. The summed E-state index contributed by atoms with van der Waals surface area (Å²) < 4.78 is 1.55. The maximum absolute atomic E-state index is 11.9. The van der Waals surface area contributed by atoms with Gasteiger partial charge in [0.25, 0.3) is 11.8 Å². The van der Waals surface area contributed by atoms with E-state index in [2.05, 4.69) is 0 Å². The number of hydrogen-bond donors (Lipinski definition) is 2. The van der Waals surface area contributed by atoms with Crippen molar-refractivity contribution in [2.75, 3.05) is 0 Å². The van der Waals surface area contributed by atoms with Crippen LogP contribution in [0.2, 0.25) is 0 Å². The van der Waals surface area contributed by atoms with E-state index in [4.69, 9.17) is 0 Å². The van der Waals surface area contributed by atoms with Gasteiger partial charge in [-0.3, -0.25) is 20.2 Å². The minimum absolute atomic E-state index is 0.221. The fourth-order valence-electron chi connectivity index (χ4n) is 3.07. The van der Waals surface area contributed by atoms with Crippen LogP contribution in [0.4, 0.5) is 4.79 Å². The smallest absolute Gasteiger partial charge is 0.328 e. The van der Waals surface area contributed by atoms with E-state index in [1.54, 1.807) is 24.5 Å². The van der Waals surface area contributed by atoms with Crippen LogP contribution >= 0.6 is 0 Å². The monoisotopic (exact) mass is 395 g/mol. The lowest BCUT2D eigenvalue weighted by Gasteiger charge is -2.15. The second-order valence-corrected chi connectivity index (χ2v) is 6.30. The number of carboxylic acid groups (broad SMARTS) is 2. The van der Waals surface area contributed by atoms with Crippen molar-refractivity contribution < 1.29 is 34.2 Å². The summed E-state index contributed by atoms with van der Waals surface area (Å²) in [6.07, 6.45) is 1.28. The number of carboxylic acids is 2. The molecule has 2 N–H and O–H groups in total. The Kier molecular flexibility index (Phi) is 4.77. The quantitative estimate of drug-likeness (QED) is 0.474. The van der Waals surface area contributed by atoms with E-state index >= 15 is 0 Å². The lowest BCUT2D eigenvalue weighted by molar-refractivity contribution is -0.255. The van der Waals surface area contributed by atoms with Crippen LogP contribution in [0.5, 0.6) is 0 Å². The summed E-state index contributed by atoms with van der Waals surface area (Å²) >= 11 is 0. The molecule has 0 radical (unpaired) electrons. The van der Waals surface area contributed by atoms with E-state index in [-0.39, 0.29) is 22.4 Å². The van der Waals surface area contributed by atoms with Crippen molar-refractivity contribution in [1.29, 1.82) is 0 Å². The lowest BCUT2D eigenvalue weighted by Crippen LogP contribution is -2.51. The number of nitrogens with zero attached hydrogens (tertiary/aromatic N) is 1. The molecule has 0 aliphatic carbocycles. The Labute approximate surface area is 163 Å². The molecule has 0 saturated carbocycles. The number of aryl methyl sites for hydroxylation is 1. The number of hydrogen-bond acceptors (Lipinski definition) is 7. The third-order valence-corrected chi connectivity index (χ3v) is 4.36. The molecule has 1 aromatic heterocycles. The van der Waals surface area contributed by atoms with E-state index in [1.165, 1.54) is 18.2 Å². The Morgan fingerprint density at radius 1 is 0.897 bits per heavy atom. The van der Waals surface area contributed by atoms with Gasteiger partial charge in [0.1, 0.15) is 5.57 Å². The van der Waals surface area contributed by atoms with Gasteiger partial charge < -0.3 is 24.4 Å². The van der Waals surface area contributed by atoms with Crippen LogP contribution in [0.3, 0.4) is 0 Å². The summed E-state index contributed by atoms with van der Waals surface area (Å²) in [5.74, 6) is -4.83. The number of urea groups is 1. The molecule has 0 unspecified atom stereocenters. The standard InChI is InChI=1S/C19H15N3O7/c1-8-3-10(7-14-15(23)20-19(29)21-16(14)24)9(2)22(8)13-5-11(17(25)26)4-12(6-13)18(27)28/h3-7H,1-2H3,(H,25,26)(H,27,28)(H2,20,21,23,24,29)/p-2. The minimum atomic E-state index is -1.56. The van der Waals surface area contributed by atoms with Gasteiger partial charge in [0.05, 0.1) is 11.9 Å². The molecule has 1 fully saturated rings. The Morgan fingerprint density at radius 2 is 1.41 bits per heavy atom. The molecule has 0 bridgehead atoms. The normalized spacial score (nSPS) is 13.7. The number of rotatable bonds is 4. The first-order valence-corrected chi connectivity index (χ1v) is 8.24. The van der Waals surface area contributed by atoms with Gasteiger partial charge in [-0.15, -0.1) is 0 Å². The number of nitrogens with one attached hydrogen (secondary N) is 2. The molecule has 2 aromatic rings. The highest BCUT2D eigenvalue weighted by Crippen LogP contribution is 2.25. The first-order valence-electron chi connectivity index (χ1n) is 8.24. The molecule has 0 atom stereocenters. The van der Waals surface area contributed by atoms with E-state index < -0.39 is 29.8 Å². The number of aromatic carboxylic acids is 2. The first-order chi connectivity index (χ1) is 13.6. The Morgan fingerprint density at radius 3 is 1.90 bits per heavy atom. The molecule has 10 nitrogen and oxygen atoms in total. The topological polar surface area (TPSA) is 160 Å². The number of barbiturate groups is 1. The molecular formula is C19H13N3O7-2. The van der Waals surface area contributed by atoms with Crippen LogP contribution < -0.4 is 20.8 Å². The van der Waals surface area contributed by atoms with Gasteiger partial charge in [0.2, 0.25) is 0 Å². The van der Waals surface area contributed by atoms with Crippen molar-refractivity contribution in [3.05, 3.63) is 57.9 Å². The minimum Gasteiger partial charge on any atom is -0.545 e. The van der Waals surface area contributed by atoms with E-state index in [9.17, 15) is 34.2 Å². The highest BCUT2D eigenvalue weighted by Gasteiger charge is 2.28. The van der Waals surface area contributed by atoms with E-state index in [1.807, 2.05) is 10.6 Å².